The third-order valence-electron chi connectivity index (χ3n) is 1.78. The van der Waals surface area contributed by atoms with Crippen LogP contribution in [0.15, 0.2) is 0 Å². The van der Waals surface area contributed by atoms with Gasteiger partial charge in [0, 0.05) is 18.6 Å². The van der Waals surface area contributed by atoms with E-state index in [-0.39, 0.29) is 5.54 Å². The summed E-state index contributed by atoms with van der Waals surface area (Å²) < 4.78 is 0. The molecule has 4 heteroatoms. The highest BCUT2D eigenvalue weighted by atomic mass is 16.4. The molecule has 1 heterocycles. The van der Waals surface area contributed by atoms with Crippen molar-refractivity contribution in [2.75, 3.05) is 13.1 Å². The van der Waals surface area contributed by atoms with Crippen LogP contribution in [0.25, 0.3) is 0 Å². The van der Waals surface area contributed by atoms with Crippen molar-refractivity contribution in [1.29, 1.82) is 0 Å². The molecule has 0 bridgehead atoms. The second-order valence-corrected chi connectivity index (χ2v) is 3.11. The lowest BCUT2D eigenvalue weighted by molar-refractivity contribution is 0.153. The Labute approximate surface area is 59.6 Å². The first-order valence-electron chi connectivity index (χ1n) is 3.28. The monoisotopic (exact) mass is 144 g/mol. The maximum absolute atomic E-state index is 10.4. The zero-order valence-corrected chi connectivity index (χ0v) is 6.00. The number of likely N-dealkylation sites (tertiary alicyclic amines) is 1. The van der Waals surface area contributed by atoms with Crippen molar-refractivity contribution in [2.24, 2.45) is 5.73 Å². The molecule has 1 fully saturated rings. The van der Waals surface area contributed by atoms with Crippen molar-refractivity contribution in [3.63, 3.8) is 0 Å². The van der Waals surface area contributed by atoms with Gasteiger partial charge >= 0.3 is 6.09 Å². The minimum atomic E-state index is -0.867. The van der Waals surface area contributed by atoms with E-state index in [4.69, 9.17) is 10.8 Å². The van der Waals surface area contributed by atoms with Crippen LogP contribution in [-0.2, 0) is 0 Å². The summed E-state index contributed by atoms with van der Waals surface area (Å²) in [7, 11) is 0. The van der Waals surface area contributed by atoms with Gasteiger partial charge in [-0.05, 0) is 13.3 Å². The summed E-state index contributed by atoms with van der Waals surface area (Å²) in [6.45, 7) is 2.90. The van der Waals surface area contributed by atoms with Crippen LogP contribution < -0.4 is 5.73 Å². The topological polar surface area (TPSA) is 66.6 Å². The molecule has 58 valence electrons. The molecule has 1 rings (SSSR count). The maximum Gasteiger partial charge on any atom is 0.407 e. The number of carboxylic acid groups (broad SMARTS) is 1. The molecule has 1 amide bonds. The van der Waals surface area contributed by atoms with Gasteiger partial charge in [-0.2, -0.15) is 0 Å². The van der Waals surface area contributed by atoms with Crippen LogP contribution in [0.4, 0.5) is 4.79 Å². The normalized spacial score (nSPS) is 32.8. The van der Waals surface area contributed by atoms with Crippen LogP contribution >= 0.6 is 0 Å². The minimum Gasteiger partial charge on any atom is -0.465 e. The summed E-state index contributed by atoms with van der Waals surface area (Å²) in [6.07, 6.45) is -0.103. The Kier molecular flexibility index (Phi) is 1.56. The van der Waals surface area contributed by atoms with E-state index in [0.717, 1.165) is 6.42 Å². The number of hydrogen-bond acceptors (Lipinski definition) is 2. The first-order valence-corrected chi connectivity index (χ1v) is 3.28. The Morgan fingerprint density at radius 3 is 2.60 bits per heavy atom. The molecule has 0 saturated carbocycles. The molecule has 0 aromatic rings. The molecular formula is C6H12N2O2. The Bertz CT molecular complexity index is 156. The molecule has 10 heavy (non-hydrogen) atoms. The summed E-state index contributed by atoms with van der Waals surface area (Å²) in [6, 6.07) is 0. The second-order valence-electron chi connectivity index (χ2n) is 3.11. The number of hydrogen-bond donors (Lipinski definition) is 2. The number of carbonyl (C=O) groups is 1. The second kappa shape index (κ2) is 2.12. The van der Waals surface area contributed by atoms with Crippen LogP contribution in [0.1, 0.15) is 13.3 Å². The zero-order chi connectivity index (χ0) is 7.78. The molecule has 0 radical (unpaired) electrons. The third-order valence-corrected chi connectivity index (χ3v) is 1.78. The van der Waals surface area contributed by atoms with E-state index in [1.54, 1.807) is 0 Å². The highest BCUT2D eigenvalue weighted by Crippen LogP contribution is 2.16. The summed E-state index contributed by atoms with van der Waals surface area (Å²) in [4.78, 5) is 11.7. The van der Waals surface area contributed by atoms with Crippen molar-refractivity contribution in [3.05, 3.63) is 0 Å². The van der Waals surface area contributed by atoms with E-state index in [1.165, 1.54) is 4.90 Å². The van der Waals surface area contributed by atoms with Crippen LogP contribution in [0.3, 0.4) is 0 Å². The summed E-state index contributed by atoms with van der Waals surface area (Å²) in [5, 5.41) is 8.52. The maximum atomic E-state index is 10.4. The summed E-state index contributed by atoms with van der Waals surface area (Å²) in [5.41, 5.74) is 5.39. The highest BCUT2D eigenvalue weighted by Gasteiger charge is 2.32. The fourth-order valence-electron chi connectivity index (χ4n) is 1.15. The quantitative estimate of drug-likeness (QED) is 0.506. The SMILES string of the molecule is C[C@]1(N)CCN(C(=O)O)C1. The molecule has 1 aliphatic rings. The first kappa shape index (κ1) is 7.34. The van der Waals surface area contributed by atoms with Gasteiger partial charge in [0.25, 0.3) is 0 Å². The van der Waals surface area contributed by atoms with E-state index in [1.807, 2.05) is 6.92 Å². The molecule has 0 aliphatic carbocycles. The molecule has 0 aromatic heterocycles. The van der Waals surface area contributed by atoms with Gasteiger partial charge in [0.2, 0.25) is 0 Å². The van der Waals surface area contributed by atoms with Crippen LogP contribution in [0.2, 0.25) is 0 Å². The van der Waals surface area contributed by atoms with Gasteiger partial charge in [-0.15, -0.1) is 0 Å². The van der Waals surface area contributed by atoms with E-state index in [0.29, 0.717) is 13.1 Å². The number of nitrogens with zero attached hydrogens (tertiary/aromatic N) is 1. The largest absolute Gasteiger partial charge is 0.465 e. The number of amides is 1. The molecule has 0 unspecified atom stereocenters. The fraction of sp³-hybridized carbons (Fsp3) is 0.833. The number of rotatable bonds is 0. The number of nitrogens with two attached hydrogens (primary N) is 1. The smallest absolute Gasteiger partial charge is 0.407 e. The van der Waals surface area contributed by atoms with Crippen LogP contribution in [-0.4, -0.2) is 34.7 Å². The Balaban J connectivity index is 2.51. The lowest BCUT2D eigenvalue weighted by Gasteiger charge is -2.16. The van der Waals surface area contributed by atoms with Crippen molar-refractivity contribution >= 4 is 6.09 Å². The van der Waals surface area contributed by atoms with E-state index in [2.05, 4.69) is 0 Å². The van der Waals surface area contributed by atoms with Crippen LogP contribution in [0, 0.1) is 0 Å². The third kappa shape index (κ3) is 1.39. The Hall–Kier alpha value is -0.770. The lowest BCUT2D eigenvalue weighted by Crippen LogP contribution is -2.40. The van der Waals surface area contributed by atoms with Crippen LogP contribution in [0.5, 0.6) is 0 Å². The Morgan fingerprint density at radius 1 is 1.80 bits per heavy atom. The predicted octanol–water partition coefficient (Wildman–Crippen LogP) is 0.0875. The van der Waals surface area contributed by atoms with Gasteiger partial charge in [-0.25, -0.2) is 4.79 Å². The fourth-order valence-corrected chi connectivity index (χ4v) is 1.15. The van der Waals surface area contributed by atoms with Crippen molar-refractivity contribution in [3.8, 4) is 0 Å². The molecule has 1 saturated heterocycles. The lowest BCUT2D eigenvalue weighted by atomic mass is 10.0. The summed E-state index contributed by atoms with van der Waals surface area (Å²) in [5.74, 6) is 0. The Morgan fingerprint density at radius 2 is 2.40 bits per heavy atom. The zero-order valence-electron chi connectivity index (χ0n) is 6.00. The average molecular weight is 144 g/mol. The average Bonchev–Trinajstić information content (AvgIpc) is 2.10. The van der Waals surface area contributed by atoms with E-state index < -0.39 is 6.09 Å². The van der Waals surface area contributed by atoms with Gasteiger partial charge in [0.15, 0.2) is 0 Å². The van der Waals surface area contributed by atoms with Gasteiger partial charge < -0.3 is 15.7 Å². The summed E-state index contributed by atoms with van der Waals surface area (Å²) >= 11 is 0. The molecule has 4 nitrogen and oxygen atoms in total. The van der Waals surface area contributed by atoms with Gasteiger partial charge in [-0.3, -0.25) is 0 Å². The molecule has 0 spiro atoms. The van der Waals surface area contributed by atoms with E-state index in [9.17, 15) is 4.79 Å². The van der Waals surface area contributed by atoms with Crippen molar-refractivity contribution < 1.29 is 9.90 Å². The standard InChI is InChI=1S/C6H12N2O2/c1-6(7)2-3-8(4-6)5(9)10/h2-4,7H2,1H3,(H,9,10)/t6-/m0/s1. The van der Waals surface area contributed by atoms with Gasteiger partial charge in [-0.1, -0.05) is 0 Å². The molecule has 1 atom stereocenters. The molecular weight excluding hydrogens is 132 g/mol. The minimum absolute atomic E-state index is 0.307. The highest BCUT2D eigenvalue weighted by molar-refractivity contribution is 5.65. The van der Waals surface area contributed by atoms with Gasteiger partial charge in [0.05, 0.1) is 0 Å². The molecule has 0 aromatic carbocycles. The van der Waals surface area contributed by atoms with E-state index >= 15 is 0 Å². The molecule has 3 N–H and O–H groups in total. The first-order chi connectivity index (χ1) is 4.51. The van der Waals surface area contributed by atoms with Crippen molar-refractivity contribution in [2.45, 2.75) is 18.9 Å². The molecule has 1 aliphatic heterocycles. The predicted molar refractivity (Wildman–Crippen MR) is 36.8 cm³/mol. The van der Waals surface area contributed by atoms with Crippen molar-refractivity contribution in [1.82, 2.24) is 4.90 Å². The van der Waals surface area contributed by atoms with Gasteiger partial charge in [0.1, 0.15) is 0 Å².